The van der Waals surface area contributed by atoms with E-state index >= 15 is 0 Å². The molecule has 23 heavy (non-hydrogen) atoms. The molecule has 0 saturated carbocycles. The van der Waals surface area contributed by atoms with E-state index in [-0.39, 0.29) is 28.2 Å². The van der Waals surface area contributed by atoms with Crippen molar-refractivity contribution in [3.05, 3.63) is 29.8 Å². The molecule has 0 heterocycles. The van der Waals surface area contributed by atoms with Gasteiger partial charge in [-0.15, -0.1) is 0 Å². The maximum Gasteiger partial charge on any atom is 0.339 e. The predicted molar refractivity (Wildman–Crippen MR) is 86.9 cm³/mol. The van der Waals surface area contributed by atoms with Gasteiger partial charge in [-0.05, 0) is 25.0 Å². The first-order valence-corrected chi connectivity index (χ1v) is 9.12. The lowest BCUT2D eigenvalue weighted by atomic mass is 10.1. The molecule has 6 nitrogen and oxygen atoms in total. The molecule has 0 aromatic heterocycles. The molecule has 1 aromatic rings. The lowest BCUT2D eigenvalue weighted by Crippen LogP contribution is -2.38. The third-order valence-corrected chi connectivity index (χ3v) is 5.33. The van der Waals surface area contributed by atoms with Gasteiger partial charge in [-0.1, -0.05) is 32.9 Å². The first-order valence-electron chi connectivity index (χ1n) is 7.47. The van der Waals surface area contributed by atoms with Crippen LogP contribution in [0.5, 0.6) is 0 Å². The van der Waals surface area contributed by atoms with Gasteiger partial charge in [-0.2, -0.15) is 0 Å². The van der Waals surface area contributed by atoms with Crippen LogP contribution in [-0.4, -0.2) is 38.7 Å². The Labute approximate surface area is 137 Å². The molecule has 0 unspecified atom stereocenters. The zero-order chi connectivity index (χ0) is 17.6. The van der Waals surface area contributed by atoms with Gasteiger partial charge in [-0.3, -0.25) is 4.79 Å². The second kappa shape index (κ2) is 8.10. The van der Waals surface area contributed by atoms with E-state index in [0.29, 0.717) is 0 Å². The number of hydrogen-bond acceptors (Lipinski definition) is 5. The van der Waals surface area contributed by atoms with Crippen LogP contribution in [0.15, 0.2) is 29.2 Å². The Bertz CT molecular complexity index is 667. The summed E-state index contributed by atoms with van der Waals surface area (Å²) in [5.74, 6) is -1.12. The summed E-state index contributed by atoms with van der Waals surface area (Å²) in [5.41, 5.74) is -0.0564. The van der Waals surface area contributed by atoms with Gasteiger partial charge in [0.1, 0.15) is 0 Å². The van der Waals surface area contributed by atoms with Gasteiger partial charge in [0, 0.05) is 6.04 Å². The van der Waals surface area contributed by atoms with Crippen LogP contribution in [0.4, 0.5) is 0 Å². The van der Waals surface area contributed by atoms with Crippen LogP contribution in [-0.2, 0) is 19.4 Å². The molecule has 0 aliphatic rings. The number of benzene rings is 1. The SMILES string of the molecule is CCS(=O)(=O)c1ccccc1C(=O)OCC(=O)N[C@@H](C)C(C)C. The van der Waals surface area contributed by atoms with Gasteiger partial charge in [0.15, 0.2) is 16.4 Å². The number of rotatable bonds is 7. The fourth-order valence-electron chi connectivity index (χ4n) is 1.73. The van der Waals surface area contributed by atoms with Crippen LogP contribution in [0.25, 0.3) is 0 Å². The lowest BCUT2D eigenvalue weighted by molar-refractivity contribution is -0.125. The van der Waals surface area contributed by atoms with Crippen LogP contribution in [0.3, 0.4) is 0 Å². The zero-order valence-electron chi connectivity index (χ0n) is 13.8. The monoisotopic (exact) mass is 341 g/mol. The third-order valence-electron chi connectivity index (χ3n) is 3.55. The Morgan fingerprint density at radius 1 is 1.17 bits per heavy atom. The van der Waals surface area contributed by atoms with Crippen LogP contribution in [0, 0.1) is 5.92 Å². The summed E-state index contributed by atoms with van der Waals surface area (Å²) in [6, 6.07) is 5.77. The average Bonchev–Trinajstić information content (AvgIpc) is 2.52. The summed E-state index contributed by atoms with van der Waals surface area (Å²) < 4.78 is 28.9. The minimum absolute atomic E-state index is 0.0473. The summed E-state index contributed by atoms with van der Waals surface area (Å²) in [5, 5.41) is 2.71. The van der Waals surface area contributed by atoms with E-state index in [0.717, 1.165) is 0 Å². The molecule has 0 spiro atoms. The Morgan fingerprint density at radius 2 is 1.78 bits per heavy atom. The normalized spacial score (nSPS) is 12.7. The fourth-order valence-corrected chi connectivity index (χ4v) is 2.82. The van der Waals surface area contributed by atoms with Crippen molar-refractivity contribution in [2.24, 2.45) is 5.92 Å². The van der Waals surface area contributed by atoms with E-state index in [2.05, 4.69) is 5.32 Å². The smallest absolute Gasteiger partial charge is 0.339 e. The summed E-state index contributed by atoms with van der Waals surface area (Å²) in [4.78, 5) is 23.7. The van der Waals surface area contributed by atoms with Gasteiger partial charge < -0.3 is 10.1 Å². The standard InChI is InChI=1S/C16H23NO5S/c1-5-23(20,21)14-9-7-6-8-13(14)16(19)22-10-15(18)17-12(4)11(2)3/h6-9,11-12H,5,10H2,1-4H3,(H,17,18)/t12-/m0/s1. The number of esters is 1. The van der Waals surface area contributed by atoms with E-state index < -0.39 is 28.3 Å². The van der Waals surface area contributed by atoms with E-state index in [9.17, 15) is 18.0 Å². The number of ether oxygens (including phenoxy) is 1. The zero-order valence-corrected chi connectivity index (χ0v) is 14.6. The van der Waals surface area contributed by atoms with Gasteiger partial charge in [-0.25, -0.2) is 13.2 Å². The van der Waals surface area contributed by atoms with E-state index in [1.807, 2.05) is 20.8 Å². The van der Waals surface area contributed by atoms with Crippen molar-refractivity contribution in [3.63, 3.8) is 0 Å². The van der Waals surface area contributed by atoms with Crippen molar-refractivity contribution in [2.75, 3.05) is 12.4 Å². The number of nitrogens with one attached hydrogen (secondary N) is 1. The number of amides is 1. The molecular formula is C16H23NO5S. The van der Waals surface area contributed by atoms with Crippen LogP contribution in [0.1, 0.15) is 38.1 Å². The lowest BCUT2D eigenvalue weighted by Gasteiger charge is -2.17. The van der Waals surface area contributed by atoms with E-state index in [4.69, 9.17) is 4.74 Å². The molecule has 1 rings (SSSR count). The second-order valence-corrected chi connectivity index (χ2v) is 7.82. The molecule has 7 heteroatoms. The summed E-state index contributed by atoms with van der Waals surface area (Å²) in [7, 11) is -3.54. The highest BCUT2D eigenvalue weighted by Gasteiger charge is 2.22. The average molecular weight is 341 g/mol. The van der Waals surface area contributed by atoms with Gasteiger partial charge in [0.05, 0.1) is 16.2 Å². The van der Waals surface area contributed by atoms with E-state index in [1.54, 1.807) is 6.07 Å². The number of carbonyl (C=O) groups is 2. The fraction of sp³-hybridized carbons (Fsp3) is 0.500. The van der Waals surface area contributed by atoms with Gasteiger partial charge in [0.25, 0.3) is 5.91 Å². The Kier molecular flexibility index (Phi) is 6.75. The van der Waals surface area contributed by atoms with Crippen molar-refractivity contribution in [1.82, 2.24) is 5.32 Å². The van der Waals surface area contributed by atoms with Crippen LogP contribution >= 0.6 is 0 Å². The molecule has 0 radical (unpaired) electrons. The Balaban J connectivity index is 2.79. The van der Waals surface area contributed by atoms with Gasteiger partial charge in [0.2, 0.25) is 0 Å². The molecule has 128 valence electrons. The summed E-state index contributed by atoms with van der Waals surface area (Å²) >= 11 is 0. The van der Waals surface area contributed by atoms with Gasteiger partial charge >= 0.3 is 5.97 Å². The molecule has 0 saturated heterocycles. The maximum absolute atomic E-state index is 12.1. The first kappa shape index (κ1) is 19.2. The minimum atomic E-state index is -3.54. The Morgan fingerprint density at radius 3 is 2.35 bits per heavy atom. The Hall–Kier alpha value is -1.89. The first-order chi connectivity index (χ1) is 10.7. The highest BCUT2D eigenvalue weighted by molar-refractivity contribution is 7.91. The third kappa shape index (κ3) is 5.35. The van der Waals surface area contributed by atoms with Crippen molar-refractivity contribution in [2.45, 2.75) is 38.6 Å². The predicted octanol–water partition coefficient (Wildman–Crippen LogP) is 1.80. The van der Waals surface area contributed by atoms with Crippen LogP contribution < -0.4 is 5.32 Å². The molecule has 1 amide bonds. The largest absolute Gasteiger partial charge is 0.452 e. The highest BCUT2D eigenvalue weighted by Crippen LogP contribution is 2.18. The summed E-state index contributed by atoms with van der Waals surface area (Å²) in [6.45, 7) is 6.83. The molecule has 0 aliphatic heterocycles. The molecule has 1 N–H and O–H groups in total. The van der Waals surface area contributed by atoms with Crippen molar-refractivity contribution in [3.8, 4) is 0 Å². The molecule has 1 aromatic carbocycles. The number of carbonyl (C=O) groups excluding carboxylic acids is 2. The molecule has 0 aliphatic carbocycles. The molecular weight excluding hydrogens is 318 g/mol. The summed E-state index contributed by atoms with van der Waals surface area (Å²) in [6.07, 6.45) is 0. The number of sulfone groups is 1. The van der Waals surface area contributed by atoms with E-state index in [1.165, 1.54) is 25.1 Å². The number of hydrogen-bond donors (Lipinski definition) is 1. The van der Waals surface area contributed by atoms with Crippen molar-refractivity contribution in [1.29, 1.82) is 0 Å². The second-order valence-electron chi connectivity index (χ2n) is 5.58. The molecule has 0 fully saturated rings. The quantitative estimate of drug-likeness (QED) is 0.764. The van der Waals surface area contributed by atoms with Crippen molar-refractivity contribution >= 4 is 21.7 Å². The minimum Gasteiger partial charge on any atom is -0.452 e. The topological polar surface area (TPSA) is 89.5 Å². The molecule has 1 atom stereocenters. The molecule has 0 bridgehead atoms. The van der Waals surface area contributed by atoms with Crippen molar-refractivity contribution < 1.29 is 22.7 Å². The highest BCUT2D eigenvalue weighted by atomic mass is 32.2. The maximum atomic E-state index is 12.1. The van der Waals surface area contributed by atoms with Crippen LogP contribution in [0.2, 0.25) is 0 Å².